The van der Waals surface area contributed by atoms with Crippen molar-refractivity contribution < 1.29 is 24.2 Å². The van der Waals surface area contributed by atoms with Gasteiger partial charge in [0.05, 0.1) is 25.5 Å². The molecule has 3 aliphatic rings. The van der Waals surface area contributed by atoms with E-state index in [9.17, 15) is 14.7 Å². The number of ether oxygens (including phenoxy) is 2. The van der Waals surface area contributed by atoms with E-state index in [1.54, 1.807) is 0 Å². The third-order valence-electron chi connectivity index (χ3n) is 10.6. The van der Waals surface area contributed by atoms with Crippen molar-refractivity contribution in [2.45, 2.75) is 63.9 Å². The van der Waals surface area contributed by atoms with Gasteiger partial charge in [0.2, 0.25) is 11.8 Å². The Morgan fingerprint density at radius 3 is 2.32 bits per heavy atom. The van der Waals surface area contributed by atoms with Gasteiger partial charge in [-0.05, 0) is 64.9 Å². The summed E-state index contributed by atoms with van der Waals surface area (Å²) in [6, 6.07) is 34.7. The van der Waals surface area contributed by atoms with Gasteiger partial charge in [0, 0.05) is 50.3 Å². The summed E-state index contributed by atoms with van der Waals surface area (Å²) in [5.74, 6) is 0.102. The van der Waals surface area contributed by atoms with E-state index < -0.39 is 11.8 Å². The lowest BCUT2D eigenvalue weighted by Crippen LogP contribution is -2.57. The number of hydrogen-bond donors (Lipinski definition) is 3. The van der Waals surface area contributed by atoms with E-state index in [-0.39, 0.29) is 36.5 Å². The first-order chi connectivity index (χ1) is 24.3. The number of nitrogens with one attached hydrogen (secondary N) is 2. The standard InChI is InChI=1S/C41H46N4O5/c1-28-37(25-44-20-18-41(19-21-44)40(48)43-27-45(41)36-12-4-3-5-13-36)49-39(50-38(28)32-16-14-30(26-46)15-17-32)35-11-7-10-34(23-35)33-9-6-8-31(22-33)24-42-29(2)47/h3-17,22-23,28,37-39,46H,18-21,24-27H2,1-2H3,(H,42,47)(H,43,48). The van der Waals surface area contributed by atoms with E-state index >= 15 is 0 Å². The number of para-hydroxylation sites is 1. The molecule has 1 spiro atoms. The Kier molecular flexibility index (Phi) is 10.0. The first kappa shape index (κ1) is 33.9. The van der Waals surface area contributed by atoms with Crippen LogP contribution < -0.4 is 15.5 Å². The van der Waals surface area contributed by atoms with E-state index in [0.29, 0.717) is 13.2 Å². The lowest BCUT2D eigenvalue weighted by atomic mass is 9.84. The molecule has 4 aromatic carbocycles. The number of aliphatic hydroxyl groups is 1. The fraction of sp³-hybridized carbons (Fsp3) is 0.366. The fourth-order valence-electron chi connectivity index (χ4n) is 7.67. The van der Waals surface area contributed by atoms with E-state index in [1.807, 2.05) is 60.7 Å². The molecular weight excluding hydrogens is 628 g/mol. The molecule has 0 aliphatic carbocycles. The Balaban J connectivity index is 1.12. The van der Waals surface area contributed by atoms with E-state index in [0.717, 1.165) is 71.5 Å². The fourth-order valence-corrected chi connectivity index (χ4v) is 7.67. The van der Waals surface area contributed by atoms with Crippen LogP contribution in [0.15, 0.2) is 103 Å². The Morgan fingerprint density at radius 1 is 0.880 bits per heavy atom. The molecule has 9 heteroatoms. The summed E-state index contributed by atoms with van der Waals surface area (Å²) < 4.78 is 13.6. The Morgan fingerprint density at radius 2 is 1.60 bits per heavy atom. The third-order valence-corrected chi connectivity index (χ3v) is 10.6. The Labute approximate surface area is 294 Å². The van der Waals surface area contributed by atoms with Gasteiger partial charge in [-0.1, -0.05) is 85.8 Å². The summed E-state index contributed by atoms with van der Waals surface area (Å²) in [6.45, 7) is 7.00. The average Bonchev–Trinajstić information content (AvgIpc) is 3.47. The molecule has 3 N–H and O–H groups in total. The molecule has 3 saturated heterocycles. The number of nitrogens with zero attached hydrogens (tertiary/aromatic N) is 2. The summed E-state index contributed by atoms with van der Waals surface area (Å²) in [4.78, 5) is 29.5. The molecule has 260 valence electrons. The van der Waals surface area contributed by atoms with Crippen molar-refractivity contribution in [2.24, 2.45) is 5.92 Å². The first-order valence-corrected chi connectivity index (χ1v) is 17.6. The third kappa shape index (κ3) is 7.04. The van der Waals surface area contributed by atoms with Crippen molar-refractivity contribution in [3.8, 4) is 11.1 Å². The van der Waals surface area contributed by atoms with Crippen molar-refractivity contribution >= 4 is 17.5 Å². The highest BCUT2D eigenvalue weighted by molar-refractivity contribution is 5.93. The van der Waals surface area contributed by atoms with Crippen molar-refractivity contribution in [3.63, 3.8) is 0 Å². The number of piperidine rings is 1. The molecule has 7 rings (SSSR count). The van der Waals surface area contributed by atoms with Gasteiger partial charge in [0.25, 0.3) is 0 Å². The van der Waals surface area contributed by atoms with Crippen LogP contribution in [0.3, 0.4) is 0 Å². The van der Waals surface area contributed by atoms with Gasteiger partial charge in [0.15, 0.2) is 6.29 Å². The minimum absolute atomic E-state index is 0.00923. The lowest BCUT2D eigenvalue weighted by Gasteiger charge is -2.46. The molecular formula is C41H46N4O5. The number of likely N-dealkylation sites (tertiary alicyclic amines) is 1. The zero-order valence-corrected chi connectivity index (χ0v) is 28.8. The lowest BCUT2D eigenvalue weighted by molar-refractivity contribution is -0.276. The number of carbonyl (C=O) groups is 2. The van der Waals surface area contributed by atoms with Crippen LogP contribution >= 0.6 is 0 Å². The molecule has 50 heavy (non-hydrogen) atoms. The molecule has 0 bridgehead atoms. The number of benzene rings is 4. The van der Waals surface area contributed by atoms with Crippen LogP contribution in [0.2, 0.25) is 0 Å². The Hall–Kier alpha value is -4.54. The molecule has 0 saturated carbocycles. The molecule has 4 aromatic rings. The van der Waals surface area contributed by atoms with E-state index in [1.165, 1.54) is 6.92 Å². The predicted octanol–water partition coefficient (Wildman–Crippen LogP) is 5.70. The quantitative estimate of drug-likeness (QED) is 0.209. The summed E-state index contributed by atoms with van der Waals surface area (Å²) in [5.41, 5.74) is 6.49. The topological polar surface area (TPSA) is 103 Å². The summed E-state index contributed by atoms with van der Waals surface area (Å²) in [6.07, 6.45) is 0.541. The van der Waals surface area contributed by atoms with Crippen LogP contribution in [0.1, 0.15) is 61.3 Å². The number of aliphatic hydroxyl groups excluding tert-OH is 1. The highest BCUT2D eigenvalue weighted by Gasteiger charge is 2.51. The normalized spacial score (nSPS) is 23.5. The molecule has 0 radical (unpaired) electrons. The van der Waals surface area contributed by atoms with Crippen LogP contribution in [0.5, 0.6) is 0 Å². The minimum atomic E-state index is -0.591. The second-order valence-electron chi connectivity index (χ2n) is 13.8. The molecule has 0 aromatic heterocycles. The molecule has 3 fully saturated rings. The van der Waals surface area contributed by atoms with E-state index in [2.05, 4.69) is 69.8 Å². The minimum Gasteiger partial charge on any atom is -0.392 e. The van der Waals surface area contributed by atoms with Gasteiger partial charge in [-0.3, -0.25) is 9.59 Å². The largest absolute Gasteiger partial charge is 0.392 e. The Bertz CT molecular complexity index is 1790. The maximum atomic E-state index is 13.3. The number of amides is 2. The monoisotopic (exact) mass is 674 g/mol. The average molecular weight is 675 g/mol. The highest BCUT2D eigenvalue weighted by atomic mass is 16.7. The van der Waals surface area contributed by atoms with Crippen molar-refractivity contribution in [1.29, 1.82) is 0 Å². The van der Waals surface area contributed by atoms with E-state index in [4.69, 9.17) is 9.47 Å². The number of carbonyl (C=O) groups excluding carboxylic acids is 2. The SMILES string of the molecule is CC(=O)NCc1cccc(-c2cccc(C3OC(CN4CCC5(CC4)C(=O)NCN5c4ccccc4)C(C)C(c4ccc(CO)cc4)O3)c2)c1. The molecule has 3 aliphatic heterocycles. The number of anilines is 1. The van der Waals surface area contributed by atoms with Gasteiger partial charge < -0.3 is 35.0 Å². The summed E-state index contributed by atoms with van der Waals surface area (Å²) >= 11 is 0. The van der Waals surface area contributed by atoms with Crippen LogP contribution in [0.25, 0.3) is 11.1 Å². The van der Waals surface area contributed by atoms with Gasteiger partial charge >= 0.3 is 0 Å². The van der Waals surface area contributed by atoms with Gasteiger partial charge in [-0.15, -0.1) is 0 Å². The van der Waals surface area contributed by atoms with Crippen LogP contribution in [0, 0.1) is 5.92 Å². The van der Waals surface area contributed by atoms with Crippen molar-refractivity contribution in [3.05, 3.63) is 125 Å². The number of rotatable bonds is 9. The maximum Gasteiger partial charge on any atom is 0.247 e. The van der Waals surface area contributed by atoms with Crippen molar-refractivity contribution in [2.75, 3.05) is 31.2 Å². The smallest absolute Gasteiger partial charge is 0.247 e. The number of hydrogen-bond acceptors (Lipinski definition) is 7. The molecule has 3 heterocycles. The van der Waals surface area contributed by atoms with Crippen molar-refractivity contribution in [1.82, 2.24) is 15.5 Å². The zero-order valence-electron chi connectivity index (χ0n) is 28.8. The first-order valence-electron chi connectivity index (χ1n) is 17.6. The zero-order chi connectivity index (χ0) is 34.7. The molecule has 4 unspecified atom stereocenters. The summed E-state index contributed by atoms with van der Waals surface area (Å²) in [7, 11) is 0. The summed E-state index contributed by atoms with van der Waals surface area (Å²) in [5, 5.41) is 15.7. The van der Waals surface area contributed by atoms with Gasteiger partial charge in [-0.25, -0.2) is 0 Å². The van der Waals surface area contributed by atoms with Crippen LogP contribution in [0.4, 0.5) is 5.69 Å². The molecule has 4 atom stereocenters. The highest BCUT2D eigenvalue weighted by Crippen LogP contribution is 2.43. The molecule has 2 amide bonds. The maximum absolute atomic E-state index is 13.3. The molecule has 9 nitrogen and oxygen atoms in total. The predicted molar refractivity (Wildman–Crippen MR) is 193 cm³/mol. The van der Waals surface area contributed by atoms with Gasteiger partial charge in [0.1, 0.15) is 5.54 Å². The van der Waals surface area contributed by atoms with Crippen LogP contribution in [-0.4, -0.2) is 59.8 Å². The second kappa shape index (κ2) is 14.7. The van der Waals surface area contributed by atoms with Gasteiger partial charge in [-0.2, -0.15) is 0 Å². The van der Waals surface area contributed by atoms with Crippen LogP contribution in [-0.2, 0) is 32.2 Å². The second-order valence-corrected chi connectivity index (χ2v) is 13.8.